The summed E-state index contributed by atoms with van der Waals surface area (Å²) in [7, 11) is 0. The monoisotopic (exact) mass is 237 g/mol. The highest BCUT2D eigenvalue weighted by Crippen LogP contribution is 2.28. The molecule has 1 aliphatic heterocycles. The number of likely N-dealkylation sites (tertiary alicyclic amines) is 1. The minimum absolute atomic E-state index is 0.959. The van der Waals surface area contributed by atoms with Crippen molar-refractivity contribution >= 4 is 0 Å². The smallest absolute Gasteiger partial charge is 0.00952 e. The third-order valence-corrected chi connectivity index (χ3v) is 4.96. The highest BCUT2D eigenvalue weighted by molar-refractivity contribution is 4.80. The SMILES string of the molecule is CCCCCC1CCN(C2CCCCC2)CC1. The third-order valence-electron chi connectivity index (χ3n) is 4.96. The molecule has 2 aliphatic rings. The molecule has 1 nitrogen and oxygen atoms in total. The highest BCUT2D eigenvalue weighted by atomic mass is 15.2. The van der Waals surface area contributed by atoms with Crippen LogP contribution in [-0.2, 0) is 0 Å². The number of nitrogens with zero attached hydrogens (tertiary/aromatic N) is 1. The van der Waals surface area contributed by atoms with Crippen LogP contribution in [0.5, 0.6) is 0 Å². The van der Waals surface area contributed by atoms with E-state index in [0.717, 1.165) is 12.0 Å². The zero-order valence-corrected chi connectivity index (χ0v) is 11.8. The number of hydrogen-bond donors (Lipinski definition) is 0. The second-order valence-corrected chi connectivity index (χ2v) is 6.27. The van der Waals surface area contributed by atoms with Gasteiger partial charge in [0, 0.05) is 6.04 Å². The summed E-state index contributed by atoms with van der Waals surface area (Å²) in [6.07, 6.45) is 16.2. The summed E-state index contributed by atoms with van der Waals surface area (Å²) >= 11 is 0. The van der Waals surface area contributed by atoms with E-state index < -0.39 is 0 Å². The van der Waals surface area contributed by atoms with Crippen LogP contribution in [0.1, 0.15) is 77.6 Å². The van der Waals surface area contributed by atoms with Gasteiger partial charge in [0.05, 0.1) is 0 Å². The van der Waals surface area contributed by atoms with E-state index in [2.05, 4.69) is 11.8 Å². The largest absolute Gasteiger partial charge is 0.300 e. The first kappa shape index (κ1) is 13.4. The molecule has 0 atom stereocenters. The van der Waals surface area contributed by atoms with Crippen LogP contribution in [0.3, 0.4) is 0 Å². The van der Waals surface area contributed by atoms with Gasteiger partial charge in [-0.1, -0.05) is 51.9 Å². The molecule has 100 valence electrons. The maximum atomic E-state index is 2.81. The Kier molecular flexibility index (Phi) is 5.84. The molecule has 0 bridgehead atoms. The molecule has 0 spiro atoms. The van der Waals surface area contributed by atoms with Crippen molar-refractivity contribution in [2.75, 3.05) is 13.1 Å². The fraction of sp³-hybridized carbons (Fsp3) is 1.00. The fourth-order valence-corrected chi connectivity index (χ4v) is 3.74. The zero-order valence-electron chi connectivity index (χ0n) is 11.8. The molecule has 1 aliphatic carbocycles. The van der Waals surface area contributed by atoms with Gasteiger partial charge < -0.3 is 4.90 Å². The van der Waals surface area contributed by atoms with Crippen molar-refractivity contribution in [2.24, 2.45) is 5.92 Å². The van der Waals surface area contributed by atoms with Gasteiger partial charge in [0.1, 0.15) is 0 Å². The predicted octanol–water partition coefficient (Wildman–Crippen LogP) is 4.61. The summed E-state index contributed by atoms with van der Waals surface area (Å²) < 4.78 is 0. The van der Waals surface area contributed by atoms with Gasteiger partial charge in [0.15, 0.2) is 0 Å². The van der Waals surface area contributed by atoms with E-state index in [0.29, 0.717) is 0 Å². The van der Waals surface area contributed by atoms with Crippen molar-refractivity contribution in [3.8, 4) is 0 Å². The summed E-state index contributed by atoms with van der Waals surface area (Å²) in [6.45, 7) is 5.12. The minimum atomic E-state index is 0.959. The van der Waals surface area contributed by atoms with Gasteiger partial charge in [0.2, 0.25) is 0 Å². The van der Waals surface area contributed by atoms with E-state index in [1.54, 1.807) is 0 Å². The van der Waals surface area contributed by atoms with Gasteiger partial charge in [-0.05, 0) is 44.7 Å². The van der Waals surface area contributed by atoms with Crippen molar-refractivity contribution in [1.29, 1.82) is 0 Å². The van der Waals surface area contributed by atoms with E-state index in [1.165, 1.54) is 83.7 Å². The van der Waals surface area contributed by atoms with Crippen LogP contribution in [-0.4, -0.2) is 24.0 Å². The Balaban J connectivity index is 1.63. The summed E-state index contributed by atoms with van der Waals surface area (Å²) in [5.74, 6) is 1.06. The number of hydrogen-bond acceptors (Lipinski definition) is 1. The maximum Gasteiger partial charge on any atom is 0.00952 e. The van der Waals surface area contributed by atoms with Crippen molar-refractivity contribution in [2.45, 2.75) is 83.6 Å². The topological polar surface area (TPSA) is 3.24 Å². The molecule has 0 aromatic carbocycles. The first-order chi connectivity index (χ1) is 8.40. The molecule has 0 aromatic rings. The fourth-order valence-electron chi connectivity index (χ4n) is 3.74. The number of rotatable bonds is 5. The van der Waals surface area contributed by atoms with Crippen LogP contribution < -0.4 is 0 Å². The molecule has 1 heterocycles. The van der Waals surface area contributed by atoms with Gasteiger partial charge in [0.25, 0.3) is 0 Å². The molecule has 0 radical (unpaired) electrons. The van der Waals surface area contributed by atoms with Crippen LogP contribution >= 0.6 is 0 Å². The van der Waals surface area contributed by atoms with E-state index in [-0.39, 0.29) is 0 Å². The molecule has 0 aromatic heterocycles. The molecule has 1 saturated heterocycles. The van der Waals surface area contributed by atoms with Gasteiger partial charge >= 0.3 is 0 Å². The van der Waals surface area contributed by atoms with Crippen molar-refractivity contribution in [1.82, 2.24) is 4.90 Å². The van der Waals surface area contributed by atoms with Gasteiger partial charge in [-0.3, -0.25) is 0 Å². The zero-order chi connectivity index (χ0) is 11.9. The molecule has 1 heteroatoms. The van der Waals surface area contributed by atoms with E-state index in [9.17, 15) is 0 Å². The van der Waals surface area contributed by atoms with Gasteiger partial charge in [-0.2, -0.15) is 0 Å². The number of unbranched alkanes of at least 4 members (excludes halogenated alkanes) is 2. The van der Waals surface area contributed by atoms with E-state index >= 15 is 0 Å². The summed E-state index contributed by atoms with van der Waals surface area (Å²) in [5, 5.41) is 0. The standard InChI is InChI=1S/C16H31N/c1-2-3-5-8-15-11-13-17(14-12-15)16-9-6-4-7-10-16/h15-16H,2-14H2,1H3. The van der Waals surface area contributed by atoms with Crippen LogP contribution in [0.2, 0.25) is 0 Å². The van der Waals surface area contributed by atoms with E-state index in [1.807, 2.05) is 0 Å². The Morgan fingerprint density at radius 3 is 2.24 bits per heavy atom. The second-order valence-electron chi connectivity index (χ2n) is 6.27. The average molecular weight is 237 g/mol. The molecule has 17 heavy (non-hydrogen) atoms. The Morgan fingerprint density at radius 2 is 1.59 bits per heavy atom. The Hall–Kier alpha value is -0.0400. The normalized spacial score (nSPS) is 25.2. The molecule has 0 N–H and O–H groups in total. The van der Waals surface area contributed by atoms with Crippen molar-refractivity contribution in [3.05, 3.63) is 0 Å². The first-order valence-corrected chi connectivity index (χ1v) is 8.14. The summed E-state index contributed by atoms with van der Waals surface area (Å²) in [5.41, 5.74) is 0. The van der Waals surface area contributed by atoms with Gasteiger partial charge in [-0.15, -0.1) is 0 Å². The predicted molar refractivity (Wildman–Crippen MR) is 75.3 cm³/mol. The maximum absolute atomic E-state index is 2.81. The molecule has 2 rings (SSSR count). The highest BCUT2D eigenvalue weighted by Gasteiger charge is 2.25. The lowest BCUT2D eigenvalue weighted by Gasteiger charge is -2.39. The average Bonchev–Trinajstić information content (AvgIpc) is 2.41. The number of piperidine rings is 1. The minimum Gasteiger partial charge on any atom is -0.300 e. The Labute approximate surface area is 108 Å². The van der Waals surface area contributed by atoms with Crippen molar-refractivity contribution in [3.63, 3.8) is 0 Å². The second kappa shape index (κ2) is 7.41. The first-order valence-electron chi connectivity index (χ1n) is 8.14. The molecular weight excluding hydrogens is 206 g/mol. The van der Waals surface area contributed by atoms with Crippen LogP contribution in [0.4, 0.5) is 0 Å². The lowest BCUT2D eigenvalue weighted by molar-refractivity contribution is 0.104. The molecular formula is C16H31N. The van der Waals surface area contributed by atoms with Crippen LogP contribution in [0, 0.1) is 5.92 Å². The van der Waals surface area contributed by atoms with Gasteiger partial charge in [-0.25, -0.2) is 0 Å². The molecule has 0 amide bonds. The summed E-state index contributed by atoms with van der Waals surface area (Å²) in [6, 6.07) is 0.959. The Bertz CT molecular complexity index is 188. The third kappa shape index (κ3) is 4.28. The van der Waals surface area contributed by atoms with Crippen LogP contribution in [0.15, 0.2) is 0 Å². The lowest BCUT2D eigenvalue weighted by atomic mass is 9.88. The summed E-state index contributed by atoms with van der Waals surface area (Å²) in [4.78, 5) is 2.81. The molecule has 1 saturated carbocycles. The molecule has 0 unspecified atom stereocenters. The van der Waals surface area contributed by atoms with Crippen LogP contribution in [0.25, 0.3) is 0 Å². The van der Waals surface area contributed by atoms with Crippen molar-refractivity contribution < 1.29 is 0 Å². The lowest BCUT2D eigenvalue weighted by Crippen LogP contribution is -2.42. The Morgan fingerprint density at radius 1 is 0.882 bits per heavy atom. The quantitative estimate of drug-likeness (QED) is 0.631. The molecule has 2 fully saturated rings. The van der Waals surface area contributed by atoms with E-state index in [4.69, 9.17) is 0 Å².